The maximum Gasteiger partial charge on any atom is 0.289 e. The van der Waals surface area contributed by atoms with E-state index < -0.39 is 0 Å². The third-order valence-corrected chi connectivity index (χ3v) is 6.37. The van der Waals surface area contributed by atoms with Gasteiger partial charge in [-0.15, -0.1) is 12.4 Å². The second-order valence-corrected chi connectivity index (χ2v) is 8.90. The number of amides is 1. The molecule has 8 nitrogen and oxygen atoms in total. The van der Waals surface area contributed by atoms with Crippen LogP contribution in [0.3, 0.4) is 0 Å². The fourth-order valence-electron chi connectivity index (χ4n) is 4.64. The standard InChI is InChI=1S/C25H30N6O2.ClH/c1-16-10-11-19-18(14-16)23(31-24(29-19)25(32)27-15-17-6-5-13-33-17)30-21-8-3-2-7-20(21)28-22-9-4-12-26-22;/h5-6,10-11,13-14,20-21H,2-4,7-9,12,15H2,1H3,(H,26,28)(H,27,32)(H,29,30,31);1H/t20-,21+;/m1./s1. The zero-order valence-electron chi connectivity index (χ0n) is 19.3. The number of amidine groups is 1. The molecule has 9 heteroatoms. The molecule has 0 spiro atoms. The molecule has 1 aromatic carbocycles. The zero-order valence-corrected chi connectivity index (χ0v) is 20.2. The Morgan fingerprint density at radius 3 is 2.65 bits per heavy atom. The summed E-state index contributed by atoms with van der Waals surface area (Å²) in [5, 5.41) is 11.1. The Morgan fingerprint density at radius 2 is 1.91 bits per heavy atom. The van der Waals surface area contributed by atoms with Crippen molar-refractivity contribution in [1.82, 2.24) is 20.6 Å². The lowest BCUT2D eigenvalue weighted by molar-refractivity contribution is 0.0938. The highest BCUT2D eigenvalue weighted by Gasteiger charge is 2.28. The molecule has 5 rings (SSSR count). The molecular formula is C25H31ClN6O2. The molecule has 3 N–H and O–H groups in total. The molecular weight excluding hydrogens is 452 g/mol. The molecule has 34 heavy (non-hydrogen) atoms. The summed E-state index contributed by atoms with van der Waals surface area (Å²) in [5.41, 5.74) is 1.88. The van der Waals surface area contributed by atoms with Crippen LogP contribution in [0.25, 0.3) is 10.9 Å². The first kappa shape index (κ1) is 24.0. The first-order valence-corrected chi connectivity index (χ1v) is 11.8. The van der Waals surface area contributed by atoms with E-state index in [0.29, 0.717) is 24.2 Å². The summed E-state index contributed by atoms with van der Waals surface area (Å²) >= 11 is 0. The van der Waals surface area contributed by atoms with Crippen molar-refractivity contribution in [2.24, 2.45) is 4.99 Å². The lowest BCUT2D eigenvalue weighted by atomic mass is 9.90. The second-order valence-electron chi connectivity index (χ2n) is 8.90. The van der Waals surface area contributed by atoms with Gasteiger partial charge in [0.1, 0.15) is 11.6 Å². The first-order chi connectivity index (χ1) is 16.2. The number of aryl methyl sites for hydroxylation is 1. The van der Waals surface area contributed by atoms with Crippen LogP contribution in [0.5, 0.6) is 0 Å². The number of hydrogen-bond donors (Lipinski definition) is 3. The smallest absolute Gasteiger partial charge is 0.289 e. The highest BCUT2D eigenvalue weighted by molar-refractivity contribution is 5.96. The third kappa shape index (κ3) is 5.50. The van der Waals surface area contributed by atoms with Crippen LogP contribution in [0.15, 0.2) is 46.0 Å². The predicted octanol–water partition coefficient (Wildman–Crippen LogP) is 4.39. The number of rotatable bonds is 6. The summed E-state index contributed by atoms with van der Waals surface area (Å²) in [6.45, 7) is 3.26. The van der Waals surface area contributed by atoms with Gasteiger partial charge in [-0.25, -0.2) is 9.97 Å². The van der Waals surface area contributed by atoms with Gasteiger partial charge in [0.25, 0.3) is 5.91 Å². The monoisotopic (exact) mass is 482 g/mol. The van der Waals surface area contributed by atoms with Crippen LogP contribution in [0, 0.1) is 6.92 Å². The summed E-state index contributed by atoms with van der Waals surface area (Å²) in [4.78, 5) is 26.7. The average molecular weight is 483 g/mol. The van der Waals surface area contributed by atoms with Gasteiger partial charge in [-0.1, -0.05) is 24.5 Å². The van der Waals surface area contributed by atoms with E-state index in [9.17, 15) is 4.79 Å². The topological polar surface area (TPSA) is 104 Å². The van der Waals surface area contributed by atoms with Crippen LogP contribution in [-0.2, 0) is 6.54 Å². The summed E-state index contributed by atoms with van der Waals surface area (Å²) in [6.07, 6.45) is 8.24. The molecule has 2 aliphatic rings. The van der Waals surface area contributed by atoms with E-state index in [2.05, 4.69) is 43.9 Å². The number of furan rings is 1. The molecule has 2 atom stereocenters. The van der Waals surface area contributed by atoms with Gasteiger partial charge < -0.3 is 20.4 Å². The normalized spacial score (nSPS) is 19.9. The summed E-state index contributed by atoms with van der Waals surface area (Å²) in [5.74, 6) is 2.34. The number of fused-ring (bicyclic) bond motifs is 1. The second kappa shape index (κ2) is 10.9. The number of hydrogen-bond acceptors (Lipinski definition) is 7. The lowest BCUT2D eigenvalue weighted by Gasteiger charge is -2.34. The van der Waals surface area contributed by atoms with Gasteiger partial charge in [-0.2, -0.15) is 0 Å². The van der Waals surface area contributed by atoms with Crippen molar-refractivity contribution in [3.8, 4) is 0 Å². The third-order valence-electron chi connectivity index (χ3n) is 6.37. The van der Waals surface area contributed by atoms with E-state index in [0.717, 1.165) is 54.5 Å². The largest absolute Gasteiger partial charge is 0.467 e. The average Bonchev–Trinajstić information content (AvgIpc) is 3.53. The fraction of sp³-hybridized carbons (Fsp3) is 0.440. The van der Waals surface area contributed by atoms with E-state index in [-0.39, 0.29) is 30.2 Å². The predicted molar refractivity (Wildman–Crippen MR) is 136 cm³/mol. The van der Waals surface area contributed by atoms with Crippen molar-refractivity contribution in [2.45, 2.75) is 64.1 Å². The van der Waals surface area contributed by atoms with E-state index >= 15 is 0 Å². The number of aromatic nitrogens is 2. The Labute approximate surface area is 205 Å². The van der Waals surface area contributed by atoms with Gasteiger partial charge in [0, 0.05) is 30.4 Å². The Morgan fingerprint density at radius 1 is 1.09 bits per heavy atom. The molecule has 3 aromatic rings. The maximum atomic E-state index is 12.9. The number of aliphatic imine (C=N–C) groups is 1. The van der Waals surface area contributed by atoms with Crippen LogP contribution >= 0.6 is 12.4 Å². The van der Waals surface area contributed by atoms with Gasteiger partial charge in [0.15, 0.2) is 0 Å². The number of carbonyl (C=O) groups is 1. The quantitative estimate of drug-likeness (QED) is 0.481. The van der Waals surface area contributed by atoms with Crippen molar-refractivity contribution < 1.29 is 9.21 Å². The van der Waals surface area contributed by atoms with E-state index in [1.54, 1.807) is 12.3 Å². The highest BCUT2D eigenvalue weighted by atomic mass is 35.5. The molecule has 0 unspecified atom stereocenters. The molecule has 0 bridgehead atoms. The van der Waals surface area contributed by atoms with Gasteiger partial charge in [0.2, 0.25) is 5.82 Å². The van der Waals surface area contributed by atoms with E-state index in [1.807, 2.05) is 18.2 Å². The van der Waals surface area contributed by atoms with Crippen molar-refractivity contribution in [3.63, 3.8) is 0 Å². The number of anilines is 1. The van der Waals surface area contributed by atoms with Crippen molar-refractivity contribution in [1.29, 1.82) is 0 Å². The Balaban J connectivity index is 0.00000274. The Kier molecular flexibility index (Phi) is 7.67. The van der Waals surface area contributed by atoms with Crippen LogP contribution < -0.4 is 16.0 Å². The van der Waals surface area contributed by atoms with Gasteiger partial charge in [-0.3, -0.25) is 9.79 Å². The number of carbonyl (C=O) groups excluding carboxylic acids is 1. The first-order valence-electron chi connectivity index (χ1n) is 11.8. The molecule has 1 aliphatic heterocycles. The van der Waals surface area contributed by atoms with E-state index in [1.165, 1.54) is 12.8 Å². The molecule has 0 radical (unpaired) electrons. The molecule has 1 aliphatic carbocycles. The van der Waals surface area contributed by atoms with Gasteiger partial charge in [-0.05, 0) is 50.5 Å². The van der Waals surface area contributed by atoms with Crippen LogP contribution in [0.1, 0.15) is 60.5 Å². The lowest BCUT2D eigenvalue weighted by Crippen LogP contribution is -2.48. The minimum atomic E-state index is -0.324. The molecule has 0 saturated heterocycles. The minimum absolute atomic E-state index is 0. The molecule has 2 aromatic heterocycles. The number of benzene rings is 1. The zero-order chi connectivity index (χ0) is 22.6. The summed E-state index contributed by atoms with van der Waals surface area (Å²) in [6, 6.07) is 10.2. The van der Waals surface area contributed by atoms with Gasteiger partial charge in [0.05, 0.1) is 24.2 Å². The summed E-state index contributed by atoms with van der Waals surface area (Å²) < 4.78 is 5.31. The molecule has 1 amide bonds. The van der Waals surface area contributed by atoms with Crippen LogP contribution in [0.4, 0.5) is 5.82 Å². The van der Waals surface area contributed by atoms with Crippen molar-refractivity contribution >= 4 is 40.9 Å². The molecule has 1 fully saturated rings. The minimum Gasteiger partial charge on any atom is -0.467 e. The van der Waals surface area contributed by atoms with Gasteiger partial charge >= 0.3 is 0 Å². The maximum absolute atomic E-state index is 12.9. The van der Waals surface area contributed by atoms with Crippen LogP contribution in [-0.4, -0.2) is 40.3 Å². The van der Waals surface area contributed by atoms with Crippen LogP contribution in [0.2, 0.25) is 0 Å². The SMILES string of the molecule is Cc1ccc2nc(C(=O)NCc3ccco3)nc(N[C@H]3CCCC[C@H]3NC3=NCCC3)c2c1.Cl. The molecule has 3 heterocycles. The van der Waals surface area contributed by atoms with Crippen molar-refractivity contribution in [2.75, 3.05) is 11.9 Å². The Hall–Kier alpha value is -3.13. The summed E-state index contributed by atoms with van der Waals surface area (Å²) in [7, 11) is 0. The number of nitrogens with zero attached hydrogens (tertiary/aromatic N) is 3. The van der Waals surface area contributed by atoms with Crippen molar-refractivity contribution in [3.05, 3.63) is 53.7 Å². The number of halogens is 1. The molecule has 1 saturated carbocycles. The number of nitrogens with one attached hydrogen (secondary N) is 3. The Bertz CT molecular complexity index is 1160. The fourth-order valence-corrected chi connectivity index (χ4v) is 4.64. The van der Waals surface area contributed by atoms with E-state index in [4.69, 9.17) is 4.42 Å². The highest BCUT2D eigenvalue weighted by Crippen LogP contribution is 2.27. The molecule has 180 valence electrons.